The van der Waals surface area contributed by atoms with Crippen LogP contribution >= 0.6 is 0 Å². The maximum Gasteiger partial charge on any atom is 0.338 e. The van der Waals surface area contributed by atoms with Crippen molar-refractivity contribution in [2.75, 3.05) is 6.61 Å². The SMILES string of the molecule is O=C(COC(=O)c1ccc(-n2cncn2)cc1)c1ccc2c(c1)CCCC2. The van der Waals surface area contributed by atoms with Crippen molar-refractivity contribution >= 4 is 11.8 Å². The molecule has 27 heavy (non-hydrogen) atoms. The number of nitrogens with zero attached hydrogens (tertiary/aromatic N) is 3. The molecule has 3 aromatic rings. The smallest absolute Gasteiger partial charge is 0.338 e. The van der Waals surface area contributed by atoms with Crippen LogP contribution in [0.4, 0.5) is 0 Å². The highest BCUT2D eigenvalue weighted by Gasteiger charge is 2.15. The molecule has 1 heterocycles. The van der Waals surface area contributed by atoms with Gasteiger partial charge in [0.05, 0.1) is 11.3 Å². The Balaban J connectivity index is 1.38. The van der Waals surface area contributed by atoms with E-state index < -0.39 is 5.97 Å². The summed E-state index contributed by atoms with van der Waals surface area (Å²) in [5.74, 6) is -0.706. The molecule has 1 aromatic heterocycles. The molecule has 0 atom stereocenters. The minimum absolute atomic E-state index is 0.184. The molecule has 0 aliphatic heterocycles. The van der Waals surface area contributed by atoms with Crippen molar-refractivity contribution in [1.29, 1.82) is 0 Å². The highest BCUT2D eigenvalue weighted by atomic mass is 16.5. The van der Waals surface area contributed by atoms with Gasteiger partial charge in [0, 0.05) is 5.56 Å². The summed E-state index contributed by atoms with van der Waals surface area (Å²) in [6.45, 7) is -0.261. The number of hydrogen-bond donors (Lipinski definition) is 0. The average molecular weight is 361 g/mol. The fraction of sp³-hybridized carbons (Fsp3) is 0.238. The average Bonchev–Trinajstić information content (AvgIpc) is 3.26. The fourth-order valence-electron chi connectivity index (χ4n) is 3.30. The van der Waals surface area contributed by atoms with Crippen molar-refractivity contribution in [2.24, 2.45) is 0 Å². The zero-order valence-electron chi connectivity index (χ0n) is 14.8. The van der Waals surface area contributed by atoms with Crippen LogP contribution in [-0.2, 0) is 17.6 Å². The molecule has 0 amide bonds. The number of aromatic nitrogens is 3. The van der Waals surface area contributed by atoms with E-state index >= 15 is 0 Å². The van der Waals surface area contributed by atoms with Crippen molar-refractivity contribution < 1.29 is 14.3 Å². The normalized spacial score (nSPS) is 13.0. The molecule has 0 radical (unpaired) electrons. The Bertz CT molecular complexity index is 963. The van der Waals surface area contributed by atoms with Gasteiger partial charge in [-0.25, -0.2) is 14.5 Å². The Morgan fingerprint density at radius 1 is 0.963 bits per heavy atom. The highest BCUT2D eigenvalue weighted by Crippen LogP contribution is 2.22. The first-order chi connectivity index (χ1) is 13.2. The van der Waals surface area contributed by atoms with E-state index in [9.17, 15) is 9.59 Å². The first-order valence-corrected chi connectivity index (χ1v) is 8.98. The lowest BCUT2D eigenvalue weighted by Crippen LogP contribution is -2.15. The predicted octanol–water partition coefficient (Wildman–Crippen LogP) is 3.19. The van der Waals surface area contributed by atoms with Crippen molar-refractivity contribution in [3.05, 3.63) is 77.4 Å². The van der Waals surface area contributed by atoms with Gasteiger partial charge in [-0.2, -0.15) is 5.10 Å². The maximum absolute atomic E-state index is 12.4. The number of carbonyl (C=O) groups excluding carboxylic acids is 2. The first kappa shape index (κ1) is 17.1. The van der Waals surface area contributed by atoms with Crippen molar-refractivity contribution in [2.45, 2.75) is 25.7 Å². The second kappa shape index (κ2) is 7.53. The number of fused-ring (bicyclic) bond motifs is 1. The summed E-state index contributed by atoms with van der Waals surface area (Å²) in [6.07, 6.45) is 7.45. The molecule has 0 spiro atoms. The molecule has 0 unspecified atom stereocenters. The number of hydrogen-bond acceptors (Lipinski definition) is 5. The molecular formula is C21H19N3O3. The third kappa shape index (κ3) is 3.79. The van der Waals surface area contributed by atoms with Gasteiger partial charge < -0.3 is 4.74 Å². The third-order valence-electron chi connectivity index (χ3n) is 4.79. The molecule has 6 nitrogen and oxygen atoms in total. The molecule has 1 aliphatic rings. The van der Waals surface area contributed by atoms with E-state index in [0.717, 1.165) is 24.9 Å². The van der Waals surface area contributed by atoms with E-state index in [1.54, 1.807) is 35.3 Å². The number of ketones is 1. The molecule has 0 saturated carbocycles. The largest absolute Gasteiger partial charge is 0.454 e. The van der Waals surface area contributed by atoms with Crippen LogP contribution in [0.25, 0.3) is 5.69 Å². The summed E-state index contributed by atoms with van der Waals surface area (Å²) >= 11 is 0. The summed E-state index contributed by atoms with van der Waals surface area (Å²) in [7, 11) is 0. The van der Waals surface area contributed by atoms with Gasteiger partial charge in [-0.1, -0.05) is 12.1 Å². The summed E-state index contributed by atoms with van der Waals surface area (Å²) in [6, 6.07) is 12.6. The van der Waals surface area contributed by atoms with Gasteiger partial charge in [-0.15, -0.1) is 0 Å². The minimum atomic E-state index is -0.522. The molecule has 0 bridgehead atoms. The number of ether oxygens (including phenoxy) is 1. The van der Waals surface area contributed by atoms with Crippen LogP contribution in [0.15, 0.2) is 55.1 Å². The second-order valence-corrected chi connectivity index (χ2v) is 6.58. The highest BCUT2D eigenvalue weighted by molar-refractivity contribution is 5.99. The molecular weight excluding hydrogens is 342 g/mol. The molecule has 1 aliphatic carbocycles. The van der Waals surface area contributed by atoms with Crippen LogP contribution in [0, 0.1) is 0 Å². The molecule has 0 fully saturated rings. The fourth-order valence-corrected chi connectivity index (χ4v) is 3.30. The second-order valence-electron chi connectivity index (χ2n) is 6.58. The Labute approximate surface area is 156 Å². The lowest BCUT2D eigenvalue weighted by molar-refractivity contribution is 0.0474. The summed E-state index contributed by atoms with van der Waals surface area (Å²) < 4.78 is 6.79. The molecule has 136 valence electrons. The summed E-state index contributed by atoms with van der Waals surface area (Å²) in [4.78, 5) is 28.5. The van der Waals surface area contributed by atoms with Gasteiger partial charge in [0.1, 0.15) is 12.7 Å². The van der Waals surface area contributed by atoms with Gasteiger partial charge in [0.15, 0.2) is 12.4 Å². The Kier molecular flexibility index (Phi) is 4.78. The standard InChI is InChI=1S/C21H19N3O3/c25-20(18-6-5-15-3-1-2-4-17(15)11-18)12-27-21(26)16-7-9-19(10-8-16)24-14-22-13-23-24/h5-11,13-14H,1-4,12H2. The van der Waals surface area contributed by atoms with Gasteiger partial charge in [0.25, 0.3) is 0 Å². The van der Waals surface area contributed by atoms with E-state index in [-0.39, 0.29) is 12.4 Å². The number of benzene rings is 2. The van der Waals surface area contributed by atoms with Crippen LogP contribution in [-0.4, -0.2) is 33.1 Å². The van der Waals surface area contributed by atoms with Crippen molar-refractivity contribution in [1.82, 2.24) is 14.8 Å². The van der Waals surface area contributed by atoms with E-state index in [1.807, 2.05) is 18.2 Å². The number of esters is 1. The van der Waals surface area contributed by atoms with Crippen LogP contribution in [0.3, 0.4) is 0 Å². The van der Waals surface area contributed by atoms with Crippen LogP contribution in [0.2, 0.25) is 0 Å². The van der Waals surface area contributed by atoms with E-state index in [2.05, 4.69) is 10.1 Å². The zero-order chi connectivity index (χ0) is 18.6. The summed E-state index contributed by atoms with van der Waals surface area (Å²) in [5.41, 5.74) is 4.33. The van der Waals surface area contributed by atoms with Crippen LogP contribution in [0.5, 0.6) is 0 Å². The molecule has 0 N–H and O–H groups in total. The van der Waals surface area contributed by atoms with Crippen molar-refractivity contribution in [3.63, 3.8) is 0 Å². The Morgan fingerprint density at radius 3 is 2.44 bits per heavy atom. The number of rotatable bonds is 5. The topological polar surface area (TPSA) is 74.1 Å². The third-order valence-corrected chi connectivity index (χ3v) is 4.79. The van der Waals surface area contributed by atoms with Crippen LogP contribution < -0.4 is 0 Å². The lowest BCUT2D eigenvalue weighted by atomic mass is 9.90. The monoisotopic (exact) mass is 361 g/mol. The maximum atomic E-state index is 12.4. The van der Waals surface area contributed by atoms with Gasteiger partial charge in [-0.05, 0) is 67.1 Å². The van der Waals surface area contributed by atoms with Gasteiger partial charge >= 0.3 is 5.97 Å². The van der Waals surface area contributed by atoms with E-state index in [1.165, 1.54) is 23.9 Å². The Hall–Kier alpha value is -3.28. The predicted molar refractivity (Wildman–Crippen MR) is 99.1 cm³/mol. The van der Waals surface area contributed by atoms with Crippen LogP contribution in [0.1, 0.15) is 44.7 Å². The first-order valence-electron chi connectivity index (χ1n) is 8.98. The number of carbonyl (C=O) groups is 2. The quantitative estimate of drug-likeness (QED) is 0.515. The molecule has 0 saturated heterocycles. The number of Topliss-reactive ketones (excluding diaryl/α,β-unsaturated/α-hetero) is 1. The molecule has 6 heteroatoms. The summed E-state index contributed by atoms with van der Waals surface area (Å²) in [5, 5.41) is 4.03. The Morgan fingerprint density at radius 2 is 1.70 bits per heavy atom. The lowest BCUT2D eigenvalue weighted by Gasteiger charge is -2.16. The molecule has 4 rings (SSSR count). The van der Waals surface area contributed by atoms with Gasteiger partial charge in [0.2, 0.25) is 0 Å². The molecule has 2 aromatic carbocycles. The van der Waals surface area contributed by atoms with Gasteiger partial charge in [-0.3, -0.25) is 4.79 Å². The zero-order valence-corrected chi connectivity index (χ0v) is 14.8. The minimum Gasteiger partial charge on any atom is -0.454 e. The number of aryl methyl sites for hydroxylation is 2. The van der Waals surface area contributed by atoms with E-state index in [0.29, 0.717) is 11.1 Å². The van der Waals surface area contributed by atoms with E-state index in [4.69, 9.17) is 4.74 Å². The van der Waals surface area contributed by atoms with Crippen molar-refractivity contribution in [3.8, 4) is 5.69 Å².